The predicted molar refractivity (Wildman–Crippen MR) is 136 cm³/mol. The molecule has 0 aromatic heterocycles. The Morgan fingerprint density at radius 3 is 1.88 bits per heavy atom. The van der Waals surface area contributed by atoms with Crippen molar-refractivity contribution in [1.29, 1.82) is 5.26 Å². The lowest BCUT2D eigenvalue weighted by Crippen LogP contribution is -2.40. The number of nitrogens with zero attached hydrogens (tertiary/aromatic N) is 1. The van der Waals surface area contributed by atoms with Crippen LogP contribution >= 0.6 is 0 Å². The number of unbranched alkanes of at least 4 members (excludes halogenated alkanes) is 7. The van der Waals surface area contributed by atoms with E-state index < -0.39 is 69.3 Å². The van der Waals surface area contributed by atoms with E-state index >= 15 is 0 Å². The van der Waals surface area contributed by atoms with Crippen molar-refractivity contribution in [2.75, 3.05) is 16.8 Å². The van der Waals surface area contributed by atoms with Crippen molar-refractivity contribution in [3.05, 3.63) is 29.3 Å². The standard InChI is InChI=1S/C26H34F8N2O4S/c1-23(38,22(37)36-20-12-11-19(18-35)21(17-20)25(29,30)31)13-8-6-4-2-3-5-7-9-15-41(39,40)16-10-14-24(27,28)26(32,33)34/h11-12,17,38H,2-10,13-16H2,1H3,(H,36,37)/t23-/m0/s1. The monoisotopic (exact) mass is 622 g/mol. The Morgan fingerprint density at radius 1 is 0.854 bits per heavy atom. The lowest BCUT2D eigenvalue weighted by Gasteiger charge is -2.22. The number of halogens is 8. The van der Waals surface area contributed by atoms with Crippen LogP contribution in [0.3, 0.4) is 0 Å². The predicted octanol–water partition coefficient (Wildman–Crippen LogP) is 7.17. The number of hydrogen-bond donors (Lipinski definition) is 2. The summed E-state index contributed by atoms with van der Waals surface area (Å²) in [7, 11) is -3.73. The molecule has 0 heterocycles. The number of alkyl halides is 8. The topological polar surface area (TPSA) is 107 Å². The van der Waals surface area contributed by atoms with Crippen molar-refractivity contribution in [2.45, 2.75) is 101 Å². The van der Waals surface area contributed by atoms with E-state index in [9.17, 15) is 53.4 Å². The molecule has 0 fully saturated rings. The maximum Gasteiger partial charge on any atom is 0.453 e. The van der Waals surface area contributed by atoms with Crippen molar-refractivity contribution >= 4 is 21.4 Å². The van der Waals surface area contributed by atoms with Gasteiger partial charge < -0.3 is 10.4 Å². The van der Waals surface area contributed by atoms with Gasteiger partial charge in [-0.3, -0.25) is 4.79 Å². The van der Waals surface area contributed by atoms with E-state index in [1.165, 1.54) is 13.0 Å². The van der Waals surface area contributed by atoms with E-state index in [4.69, 9.17) is 5.26 Å². The molecule has 1 amide bonds. The van der Waals surface area contributed by atoms with E-state index in [1.807, 2.05) is 0 Å². The average Bonchev–Trinajstić information content (AvgIpc) is 2.83. The molecule has 0 unspecified atom stereocenters. The SMILES string of the molecule is C[C@](O)(CCCCCCCCCCS(=O)(=O)CCCC(F)(F)C(F)(F)F)C(=O)Nc1ccc(C#N)c(C(F)(F)F)c1. The number of carbonyl (C=O) groups is 1. The molecule has 1 rings (SSSR count). The molecule has 2 N–H and O–H groups in total. The maximum atomic E-state index is 13.1. The summed E-state index contributed by atoms with van der Waals surface area (Å²) in [5, 5.41) is 21.5. The summed E-state index contributed by atoms with van der Waals surface area (Å²) in [5.41, 5.74) is -3.86. The second-order valence-corrected chi connectivity index (χ2v) is 12.4. The minimum atomic E-state index is -5.70. The molecule has 0 aliphatic heterocycles. The van der Waals surface area contributed by atoms with E-state index in [-0.39, 0.29) is 24.3 Å². The van der Waals surface area contributed by atoms with Gasteiger partial charge in [0.15, 0.2) is 0 Å². The van der Waals surface area contributed by atoms with Crippen molar-refractivity contribution in [2.24, 2.45) is 0 Å². The lowest BCUT2D eigenvalue weighted by molar-refractivity contribution is -0.284. The van der Waals surface area contributed by atoms with Crippen molar-refractivity contribution in [3.8, 4) is 6.07 Å². The zero-order chi connectivity index (χ0) is 31.5. The fourth-order valence-corrected chi connectivity index (χ4v) is 5.38. The third kappa shape index (κ3) is 12.9. The molecule has 1 aromatic rings. The summed E-state index contributed by atoms with van der Waals surface area (Å²) >= 11 is 0. The van der Waals surface area contributed by atoms with Crippen molar-refractivity contribution in [3.63, 3.8) is 0 Å². The van der Waals surface area contributed by atoms with Crippen LogP contribution in [0.1, 0.15) is 88.7 Å². The van der Waals surface area contributed by atoms with Gasteiger partial charge in [0, 0.05) is 12.1 Å². The van der Waals surface area contributed by atoms with Gasteiger partial charge in [0.2, 0.25) is 0 Å². The molecule has 0 aliphatic carbocycles. The van der Waals surface area contributed by atoms with Crippen LogP contribution < -0.4 is 5.32 Å². The van der Waals surface area contributed by atoms with Crippen molar-refractivity contribution in [1.82, 2.24) is 0 Å². The minimum absolute atomic E-state index is 0.0496. The average molecular weight is 623 g/mol. The number of hydrogen-bond acceptors (Lipinski definition) is 5. The molecule has 1 atom stereocenters. The molecule has 0 saturated heterocycles. The number of aliphatic hydroxyl groups is 1. The smallest absolute Gasteiger partial charge is 0.380 e. The fraction of sp³-hybridized carbons (Fsp3) is 0.692. The zero-order valence-electron chi connectivity index (χ0n) is 22.5. The number of sulfone groups is 1. The van der Waals surface area contributed by atoms with E-state index in [1.54, 1.807) is 0 Å². The quantitative estimate of drug-likeness (QED) is 0.142. The number of carbonyl (C=O) groups excluding carboxylic acids is 1. The zero-order valence-corrected chi connectivity index (χ0v) is 23.3. The number of nitrogens with one attached hydrogen (secondary N) is 1. The molecule has 1 aromatic carbocycles. The van der Waals surface area contributed by atoms with Crippen LogP contribution in [0.15, 0.2) is 18.2 Å². The molecule has 15 heteroatoms. The summed E-state index contributed by atoms with van der Waals surface area (Å²) in [6.45, 7) is 1.24. The van der Waals surface area contributed by atoms with Gasteiger partial charge >= 0.3 is 18.3 Å². The Hall–Kier alpha value is -2.47. The first-order chi connectivity index (χ1) is 18.7. The first-order valence-corrected chi connectivity index (χ1v) is 14.8. The summed E-state index contributed by atoms with van der Waals surface area (Å²) in [6, 6.07) is 4.13. The van der Waals surface area contributed by atoms with Gasteiger partial charge in [-0.25, -0.2) is 8.42 Å². The molecule has 0 radical (unpaired) electrons. The Kier molecular flexibility index (Phi) is 13.5. The molecular formula is C26H34F8N2O4S. The number of rotatable bonds is 17. The second kappa shape index (κ2) is 15.1. The number of benzene rings is 1. The summed E-state index contributed by atoms with van der Waals surface area (Å²) < 4.78 is 125. The van der Waals surface area contributed by atoms with Gasteiger partial charge in [0.1, 0.15) is 15.4 Å². The van der Waals surface area contributed by atoms with Gasteiger partial charge in [0.05, 0.1) is 28.7 Å². The van der Waals surface area contributed by atoms with Gasteiger partial charge in [-0.05, 0) is 44.4 Å². The first-order valence-electron chi connectivity index (χ1n) is 13.0. The molecular weight excluding hydrogens is 588 g/mol. The van der Waals surface area contributed by atoms with Gasteiger partial charge in [-0.15, -0.1) is 0 Å². The summed E-state index contributed by atoms with van der Waals surface area (Å²) in [4.78, 5) is 12.4. The number of nitriles is 1. The minimum Gasteiger partial charge on any atom is -0.380 e. The van der Waals surface area contributed by atoms with Gasteiger partial charge in [-0.2, -0.15) is 40.4 Å². The molecule has 0 saturated carbocycles. The number of anilines is 1. The molecule has 234 valence electrons. The van der Waals surface area contributed by atoms with E-state index in [0.29, 0.717) is 31.7 Å². The Morgan fingerprint density at radius 2 is 1.37 bits per heavy atom. The Labute approximate surface area is 234 Å². The normalized spacial score (nSPS) is 14.4. The fourth-order valence-electron chi connectivity index (χ4n) is 3.94. The highest BCUT2D eigenvalue weighted by atomic mass is 32.2. The van der Waals surface area contributed by atoms with E-state index in [2.05, 4.69) is 5.32 Å². The molecule has 6 nitrogen and oxygen atoms in total. The van der Waals surface area contributed by atoms with E-state index in [0.717, 1.165) is 31.4 Å². The van der Waals surface area contributed by atoms with Crippen molar-refractivity contribution < 1.29 is 53.4 Å². The molecule has 41 heavy (non-hydrogen) atoms. The van der Waals surface area contributed by atoms with Crippen LogP contribution in [0.25, 0.3) is 0 Å². The molecule has 0 aliphatic rings. The highest BCUT2D eigenvalue weighted by Gasteiger charge is 2.56. The van der Waals surface area contributed by atoms with Crippen LogP contribution in [0, 0.1) is 11.3 Å². The first kappa shape index (κ1) is 36.6. The highest BCUT2D eigenvalue weighted by Crippen LogP contribution is 2.39. The summed E-state index contributed by atoms with van der Waals surface area (Å²) in [6.07, 6.45) is -7.93. The van der Waals surface area contributed by atoms with Crippen LogP contribution in [0.2, 0.25) is 0 Å². The third-order valence-corrected chi connectivity index (χ3v) is 8.24. The van der Waals surface area contributed by atoms with Crippen LogP contribution in [0.5, 0.6) is 0 Å². The Bertz CT molecular complexity index is 1140. The molecule has 0 bridgehead atoms. The summed E-state index contributed by atoms with van der Waals surface area (Å²) in [5.74, 6) is -6.83. The van der Waals surface area contributed by atoms with Crippen LogP contribution in [-0.2, 0) is 20.8 Å². The molecule has 0 spiro atoms. The third-order valence-electron chi connectivity index (χ3n) is 6.42. The maximum absolute atomic E-state index is 13.1. The Balaban J connectivity index is 2.26. The lowest BCUT2D eigenvalue weighted by atomic mass is 9.96. The largest absolute Gasteiger partial charge is 0.453 e. The van der Waals surface area contributed by atoms with Crippen LogP contribution in [0.4, 0.5) is 40.8 Å². The number of amides is 1. The van der Waals surface area contributed by atoms with Gasteiger partial charge in [-0.1, -0.05) is 44.9 Å². The second-order valence-electron chi connectivity index (χ2n) is 10.1. The highest BCUT2D eigenvalue weighted by molar-refractivity contribution is 7.91. The van der Waals surface area contributed by atoms with Gasteiger partial charge in [0.25, 0.3) is 5.91 Å². The van der Waals surface area contributed by atoms with Crippen LogP contribution in [-0.4, -0.2) is 48.6 Å².